The van der Waals surface area contributed by atoms with Crippen molar-refractivity contribution >= 4 is 35.3 Å². The van der Waals surface area contributed by atoms with Gasteiger partial charge in [-0.05, 0) is 80.1 Å². The van der Waals surface area contributed by atoms with Crippen molar-refractivity contribution in [2.75, 3.05) is 22.9 Å². The number of barbiturate groups is 1. The number of rotatable bonds is 3. The van der Waals surface area contributed by atoms with Gasteiger partial charge in [0.25, 0.3) is 11.8 Å². The summed E-state index contributed by atoms with van der Waals surface area (Å²) in [5.74, 6) is -1.29. The molecule has 2 aromatic rings. The normalized spacial score (nSPS) is 18.7. The number of benzene rings is 2. The standard InChI is InChI=1S/C24H25N3O3/c1-16-12-17(2)14-20(13-16)27-23(29)21(22(28)25-24(27)30)15-18-6-8-19(9-7-18)26-10-4-3-5-11-26/h6-9,12-15H,3-5,10-11H2,1-2H3,(H,25,28,30). The summed E-state index contributed by atoms with van der Waals surface area (Å²) in [6.45, 7) is 5.89. The van der Waals surface area contributed by atoms with Crippen LogP contribution in [0, 0.1) is 13.8 Å². The van der Waals surface area contributed by atoms with Crippen LogP contribution in [-0.2, 0) is 9.59 Å². The zero-order valence-electron chi connectivity index (χ0n) is 17.3. The minimum Gasteiger partial charge on any atom is -0.372 e. The fourth-order valence-corrected chi connectivity index (χ4v) is 4.07. The molecule has 6 nitrogen and oxygen atoms in total. The van der Waals surface area contributed by atoms with Crippen LogP contribution in [0.1, 0.15) is 36.0 Å². The first-order valence-corrected chi connectivity index (χ1v) is 10.3. The fourth-order valence-electron chi connectivity index (χ4n) is 4.07. The second-order valence-corrected chi connectivity index (χ2v) is 7.94. The van der Waals surface area contributed by atoms with Crippen LogP contribution in [0.25, 0.3) is 6.08 Å². The van der Waals surface area contributed by atoms with E-state index in [4.69, 9.17) is 0 Å². The second kappa shape index (κ2) is 8.14. The Kier molecular flexibility index (Phi) is 5.40. The molecule has 4 rings (SSSR count). The van der Waals surface area contributed by atoms with Crippen molar-refractivity contribution in [3.63, 3.8) is 0 Å². The fraction of sp³-hybridized carbons (Fsp3) is 0.292. The van der Waals surface area contributed by atoms with Gasteiger partial charge in [-0.1, -0.05) is 18.2 Å². The minimum absolute atomic E-state index is 0.0560. The third kappa shape index (κ3) is 3.99. The number of urea groups is 1. The Morgan fingerprint density at radius 1 is 0.833 bits per heavy atom. The third-order valence-corrected chi connectivity index (χ3v) is 5.49. The van der Waals surface area contributed by atoms with Gasteiger partial charge < -0.3 is 4.90 Å². The van der Waals surface area contributed by atoms with Crippen LogP contribution < -0.4 is 15.1 Å². The Balaban J connectivity index is 1.62. The van der Waals surface area contributed by atoms with Crippen LogP contribution in [0.3, 0.4) is 0 Å². The maximum absolute atomic E-state index is 13.1. The Bertz CT molecular complexity index is 1010. The Hall–Kier alpha value is -3.41. The molecule has 0 radical (unpaired) electrons. The van der Waals surface area contributed by atoms with E-state index in [-0.39, 0.29) is 5.57 Å². The van der Waals surface area contributed by atoms with Gasteiger partial charge in [0.15, 0.2) is 0 Å². The average Bonchev–Trinajstić information content (AvgIpc) is 2.71. The molecule has 0 saturated carbocycles. The van der Waals surface area contributed by atoms with Crippen LogP contribution in [0.5, 0.6) is 0 Å². The molecule has 30 heavy (non-hydrogen) atoms. The maximum Gasteiger partial charge on any atom is 0.335 e. The van der Waals surface area contributed by atoms with E-state index >= 15 is 0 Å². The molecule has 0 spiro atoms. The van der Waals surface area contributed by atoms with Crippen molar-refractivity contribution in [1.82, 2.24) is 5.32 Å². The van der Waals surface area contributed by atoms with E-state index in [0.717, 1.165) is 40.4 Å². The molecule has 4 amide bonds. The molecule has 0 unspecified atom stereocenters. The molecule has 2 fully saturated rings. The van der Waals surface area contributed by atoms with E-state index in [2.05, 4.69) is 10.2 Å². The quantitative estimate of drug-likeness (QED) is 0.622. The van der Waals surface area contributed by atoms with Crippen LogP contribution in [-0.4, -0.2) is 30.9 Å². The first kappa shape index (κ1) is 19.9. The number of aryl methyl sites for hydroxylation is 2. The smallest absolute Gasteiger partial charge is 0.335 e. The number of nitrogens with zero attached hydrogens (tertiary/aromatic N) is 2. The number of hydrogen-bond donors (Lipinski definition) is 1. The lowest BCUT2D eigenvalue weighted by Gasteiger charge is -2.29. The van der Waals surface area contributed by atoms with Crippen LogP contribution in [0.2, 0.25) is 0 Å². The molecule has 2 aromatic carbocycles. The molecule has 2 aliphatic rings. The van der Waals surface area contributed by atoms with Gasteiger partial charge >= 0.3 is 6.03 Å². The number of amides is 4. The van der Waals surface area contributed by atoms with E-state index in [0.29, 0.717) is 5.69 Å². The van der Waals surface area contributed by atoms with Crippen molar-refractivity contribution in [2.24, 2.45) is 0 Å². The van der Waals surface area contributed by atoms with Crippen molar-refractivity contribution in [3.8, 4) is 0 Å². The van der Waals surface area contributed by atoms with Crippen LogP contribution >= 0.6 is 0 Å². The molecule has 154 valence electrons. The lowest BCUT2D eigenvalue weighted by Crippen LogP contribution is -2.54. The van der Waals surface area contributed by atoms with E-state index in [9.17, 15) is 14.4 Å². The highest BCUT2D eigenvalue weighted by Gasteiger charge is 2.36. The van der Waals surface area contributed by atoms with Crippen molar-refractivity contribution < 1.29 is 14.4 Å². The van der Waals surface area contributed by atoms with Gasteiger partial charge in [-0.3, -0.25) is 14.9 Å². The number of anilines is 2. The SMILES string of the molecule is Cc1cc(C)cc(N2C(=O)NC(=O)C(=Cc3ccc(N4CCCCC4)cc3)C2=O)c1. The van der Waals surface area contributed by atoms with Gasteiger partial charge in [-0.25, -0.2) is 9.69 Å². The van der Waals surface area contributed by atoms with Crippen molar-refractivity contribution in [2.45, 2.75) is 33.1 Å². The van der Waals surface area contributed by atoms with Gasteiger partial charge in [0.1, 0.15) is 5.57 Å². The molecule has 1 N–H and O–H groups in total. The molecule has 0 bridgehead atoms. The van der Waals surface area contributed by atoms with Crippen molar-refractivity contribution in [3.05, 3.63) is 64.7 Å². The van der Waals surface area contributed by atoms with Crippen LogP contribution in [0.15, 0.2) is 48.0 Å². The number of carbonyl (C=O) groups is 3. The van der Waals surface area contributed by atoms with E-state index in [1.54, 1.807) is 18.2 Å². The number of hydrogen-bond acceptors (Lipinski definition) is 4. The summed E-state index contributed by atoms with van der Waals surface area (Å²) in [5, 5.41) is 2.28. The molecule has 6 heteroatoms. The first-order chi connectivity index (χ1) is 14.4. The van der Waals surface area contributed by atoms with Crippen LogP contribution in [0.4, 0.5) is 16.2 Å². The van der Waals surface area contributed by atoms with Crippen molar-refractivity contribution in [1.29, 1.82) is 0 Å². The molecular weight excluding hydrogens is 378 g/mol. The monoisotopic (exact) mass is 403 g/mol. The zero-order chi connectivity index (χ0) is 21.3. The van der Waals surface area contributed by atoms with Gasteiger partial charge in [0.05, 0.1) is 5.69 Å². The second-order valence-electron chi connectivity index (χ2n) is 7.94. The van der Waals surface area contributed by atoms with Gasteiger partial charge in [-0.15, -0.1) is 0 Å². The Morgan fingerprint density at radius 2 is 1.47 bits per heavy atom. The summed E-state index contributed by atoms with van der Waals surface area (Å²) in [4.78, 5) is 41.2. The molecule has 2 saturated heterocycles. The number of nitrogens with one attached hydrogen (secondary N) is 1. The van der Waals surface area contributed by atoms with E-state index in [1.807, 2.05) is 44.2 Å². The largest absolute Gasteiger partial charge is 0.372 e. The zero-order valence-corrected chi connectivity index (χ0v) is 17.3. The Labute approximate surface area is 176 Å². The molecule has 2 heterocycles. The highest BCUT2D eigenvalue weighted by Crippen LogP contribution is 2.25. The highest BCUT2D eigenvalue weighted by atomic mass is 16.2. The lowest BCUT2D eigenvalue weighted by molar-refractivity contribution is -0.122. The number of piperidine rings is 1. The van der Waals surface area contributed by atoms with Gasteiger partial charge in [0.2, 0.25) is 0 Å². The number of imide groups is 2. The maximum atomic E-state index is 13.1. The highest BCUT2D eigenvalue weighted by molar-refractivity contribution is 6.39. The summed E-state index contributed by atoms with van der Waals surface area (Å²) >= 11 is 0. The lowest BCUT2D eigenvalue weighted by atomic mass is 10.0. The minimum atomic E-state index is -0.729. The van der Waals surface area contributed by atoms with Gasteiger partial charge in [0, 0.05) is 18.8 Å². The summed E-state index contributed by atoms with van der Waals surface area (Å²) in [5.41, 5.74) is 4.14. The topological polar surface area (TPSA) is 69.7 Å². The summed E-state index contributed by atoms with van der Waals surface area (Å²) in [6, 6.07) is 12.6. The summed E-state index contributed by atoms with van der Waals surface area (Å²) in [7, 11) is 0. The molecule has 0 aromatic heterocycles. The molecular formula is C24H25N3O3. The molecule has 2 aliphatic heterocycles. The Morgan fingerprint density at radius 3 is 2.10 bits per heavy atom. The predicted molar refractivity (Wildman–Crippen MR) is 117 cm³/mol. The number of carbonyl (C=O) groups excluding carboxylic acids is 3. The predicted octanol–water partition coefficient (Wildman–Crippen LogP) is 3.96. The molecule has 0 atom stereocenters. The van der Waals surface area contributed by atoms with E-state index in [1.165, 1.54) is 19.3 Å². The van der Waals surface area contributed by atoms with E-state index < -0.39 is 17.8 Å². The molecule has 0 aliphatic carbocycles. The first-order valence-electron chi connectivity index (χ1n) is 10.3. The summed E-state index contributed by atoms with van der Waals surface area (Å²) < 4.78 is 0. The summed E-state index contributed by atoms with van der Waals surface area (Å²) in [6.07, 6.45) is 5.21. The third-order valence-electron chi connectivity index (χ3n) is 5.49. The van der Waals surface area contributed by atoms with Gasteiger partial charge in [-0.2, -0.15) is 0 Å². The average molecular weight is 403 g/mol.